The van der Waals surface area contributed by atoms with Crippen LogP contribution in [0.3, 0.4) is 0 Å². The molecule has 1 rings (SSSR count). The molecule has 0 saturated carbocycles. The molecule has 0 bridgehead atoms. The Morgan fingerprint density at radius 1 is 1.59 bits per heavy atom. The van der Waals surface area contributed by atoms with E-state index in [1.807, 2.05) is 11.8 Å². The third kappa shape index (κ3) is 3.95. The molecule has 1 aliphatic rings. The minimum atomic E-state index is -0.403. The van der Waals surface area contributed by atoms with Crippen LogP contribution in [0.5, 0.6) is 0 Å². The van der Waals surface area contributed by atoms with Gasteiger partial charge in [-0.1, -0.05) is 0 Å². The van der Waals surface area contributed by atoms with E-state index >= 15 is 0 Å². The van der Waals surface area contributed by atoms with Gasteiger partial charge in [-0.15, -0.1) is 0 Å². The topological polar surface area (TPSA) is 111 Å². The first kappa shape index (κ1) is 13.9. The van der Waals surface area contributed by atoms with E-state index in [-0.39, 0.29) is 17.9 Å². The summed E-state index contributed by atoms with van der Waals surface area (Å²) in [5.74, 6) is 4.41. The van der Waals surface area contributed by atoms with E-state index in [4.69, 9.17) is 16.3 Å². The monoisotopic (exact) mass is 244 g/mol. The van der Waals surface area contributed by atoms with Crippen molar-refractivity contribution in [3.8, 4) is 0 Å². The van der Waals surface area contributed by atoms with Crippen LogP contribution in [0.25, 0.3) is 0 Å². The van der Waals surface area contributed by atoms with E-state index in [9.17, 15) is 9.59 Å². The Kier molecular flexibility index (Phi) is 5.33. The highest BCUT2D eigenvalue weighted by Gasteiger charge is 2.30. The minimum absolute atomic E-state index is 0.0914. The van der Waals surface area contributed by atoms with E-state index in [0.29, 0.717) is 32.6 Å². The van der Waals surface area contributed by atoms with Crippen molar-refractivity contribution in [2.24, 2.45) is 11.6 Å². The lowest BCUT2D eigenvalue weighted by Gasteiger charge is -2.37. The maximum atomic E-state index is 11.3. The minimum Gasteiger partial charge on any atom is -0.378 e. The number of nitrogens with zero attached hydrogens (tertiary/aromatic N) is 1. The second-order valence-electron chi connectivity index (χ2n) is 4.19. The molecule has 1 heterocycles. The van der Waals surface area contributed by atoms with Crippen LogP contribution >= 0.6 is 0 Å². The number of nitrogens with one attached hydrogen (secondary N) is 1. The van der Waals surface area contributed by atoms with Crippen molar-refractivity contribution in [2.75, 3.05) is 19.8 Å². The average Bonchev–Trinajstić information content (AvgIpc) is 2.35. The molecule has 1 saturated heterocycles. The molecule has 0 spiro atoms. The van der Waals surface area contributed by atoms with E-state index in [1.54, 1.807) is 0 Å². The molecule has 1 aliphatic heterocycles. The van der Waals surface area contributed by atoms with Gasteiger partial charge in [0.05, 0.1) is 13.2 Å². The number of hydrazine groups is 1. The fourth-order valence-electron chi connectivity index (χ4n) is 1.97. The average molecular weight is 244 g/mol. The molecule has 0 aromatic heterocycles. The quantitative estimate of drug-likeness (QED) is 0.304. The van der Waals surface area contributed by atoms with E-state index in [0.717, 1.165) is 0 Å². The van der Waals surface area contributed by atoms with Gasteiger partial charge in [-0.25, -0.2) is 5.84 Å². The summed E-state index contributed by atoms with van der Waals surface area (Å²) in [5, 5.41) is 0. The maximum absolute atomic E-state index is 11.3. The molecule has 7 heteroatoms. The normalized spacial score (nSPS) is 23.1. The Bertz CT molecular complexity index is 285. The SMILES string of the molecule is CC(CCC(=O)NN)N1CCOCC1C(N)=O. The first-order valence-electron chi connectivity index (χ1n) is 5.68. The zero-order valence-electron chi connectivity index (χ0n) is 10.0. The third-order valence-corrected chi connectivity index (χ3v) is 3.01. The van der Waals surface area contributed by atoms with Crippen LogP contribution in [0, 0.1) is 0 Å². The summed E-state index contributed by atoms with van der Waals surface area (Å²) >= 11 is 0. The molecular weight excluding hydrogens is 224 g/mol. The Morgan fingerprint density at radius 3 is 2.88 bits per heavy atom. The Balaban J connectivity index is 2.50. The van der Waals surface area contributed by atoms with Crippen molar-refractivity contribution in [2.45, 2.75) is 31.8 Å². The van der Waals surface area contributed by atoms with Crippen LogP contribution in [0.1, 0.15) is 19.8 Å². The zero-order chi connectivity index (χ0) is 12.8. The second kappa shape index (κ2) is 6.53. The summed E-state index contributed by atoms with van der Waals surface area (Å²) in [5.41, 5.74) is 7.40. The van der Waals surface area contributed by atoms with Gasteiger partial charge in [0.15, 0.2) is 0 Å². The van der Waals surface area contributed by atoms with E-state index < -0.39 is 6.04 Å². The number of carbonyl (C=O) groups is 2. The fourth-order valence-corrected chi connectivity index (χ4v) is 1.97. The first-order valence-corrected chi connectivity index (χ1v) is 5.68. The van der Waals surface area contributed by atoms with Crippen LogP contribution in [-0.4, -0.2) is 48.6 Å². The first-order chi connectivity index (χ1) is 8.06. The predicted octanol–water partition coefficient (Wildman–Crippen LogP) is -1.67. The number of nitrogens with two attached hydrogens (primary N) is 2. The number of hydrogen-bond acceptors (Lipinski definition) is 5. The molecule has 2 atom stereocenters. The number of primary amides is 1. The van der Waals surface area contributed by atoms with Crippen molar-refractivity contribution in [3.05, 3.63) is 0 Å². The fraction of sp³-hybridized carbons (Fsp3) is 0.800. The van der Waals surface area contributed by atoms with Gasteiger partial charge >= 0.3 is 0 Å². The molecule has 2 amide bonds. The number of ether oxygens (including phenoxy) is 1. The molecule has 17 heavy (non-hydrogen) atoms. The summed E-state index contributed by atoms with van der Waals surface area (Å²) in [7, 11) is 0. The lowest BCUT2D eigenvalue weighted by molar-refractivity contribution is -0.131. The highest BCUT2D eigenvalue weighted by molar-refractivity contribution is 5.80. The van der Waals surface area contributed by atoms with Crippen molar-refractivity contribution in [3.63, 3.8) is 0 Å². The summed E-state index contributed by atoms with van der Waals surface area (Å²) in [6.45, 7) is 3.52. The Hall–Kier alpha value is -1.18. The highest BCUT2D eigenvalue weighted by atomic mass is 16.5. The van der Waals surface area contributed by atoms with Crippen molar-refractivity contribution < 1.29 is 14.3 Å². The Morgan fingerprint density at radius 2 is 2.29 bits per heavy atom. The summed E-state index contributed by atoms with van der Waals surface area (Å²) < 4.78 is 5.23. The van der Waals surface area contributed by atoms with Crippen molar-refractivity contribution in [1.29, 1.82) is 0 Å². The molecule has 0 aromatic carbocycles. The number of carbonyl (C=O) groups excluding carboxylic acids is 2. The molecule has 2 unspecified atom stereocenters. The number of morpholine rings is 1. The van der Waals surface area contributed by atoms with Crippen LogP contribution < -0.4 is 17.0 Å². The second-order valence-corrected chi connectivity index (χ2v) is 4.19. The van der Waals surface area contributed by atoms with Crippen LogP contribution in [-0.2, 0) is 14.3 Å². The molecule has 0 aliphatic carbocycles. The molecule has 0 radical (unpaired) electrons. The van der Waals surface area contributed by atoms with Gasteiger partial charge in [-0.05, 0) is 13.3 Å². The van der Waals surface area contributed by atoms with E-state index in [1.165, 1.54) is 0 Å². The van der Waals surface area contributed by atoms with Gasteiger partial charge in [0.1, 0.15) is 6.04 Å². The lowest BCUT2D eigenvalue weighted by atomic mass is 10.1. The third-order valence-electron chi connectivity index (χ3n) is 3.01. The van der Waals surface area contributed by atoms with Gasteiger partial charge < -0.3 is 10.5 Å². The number of amides is 2. The van der Waals surface area contributed by atoms with E-state index in [2.05, 4.69) is 5.43 Å². The van der Waals surface area contributed by atoms with Crippen LogP contribution in [0.4, 0.5) is 0 Å². The molecule has 98 valence electrons. The van der Waals surface area contributed by atoms with Crippen LogP contribution in [0.15, 0.2) is 0 Å². The zero-order valence-corrected chi connectivity index (χ0v) is 10.0. The Labute approximate surface area is 100 Å². The molecule has 0 aromatic rings. The maximum Gasteiger partial charge on any atom is 0.237 e. The number of hydrogen-bond donors (Lipinski definition) is 3. The van der Waals surface area contributed by atoms with Gasteiger partial charge in [0.2, 0.25) is 11.8 Å². The lowest BCUT2D eigenvalue weighted by Crippen LogP contribution is -2.55. The van der Waals surface area contributed by atoms with Crippen molar-refractivity contribution in [1.82, 2.24) is 10.3 Å². The number of rotatable bonds is 5. The van der Waals surface area contributed by atoms with Gasteiger partial charge in [-0.3, -0.25) is 19.9 Å². The molecule has 5 N–H and O–H groups in total. The predicted molar refractivity (Wildman–Crippen MR) is 61.5 cm³/mol. The standard InChI is InChI=1S/C10H20N4O3/c1-7(2-3-9(15)13-12)14-4-5-17-6-8(14)10(11)16/h7-8H,2-6,12H2,1H3,(H2,11,16)(H,13,15). The van der Waals surface area contributed by atoms with Gasteiger partial charge in [0, 0.05) is 19.0 Å². The van der Waals surface area contributed by atoms with Crippen LogP contribution in [0.2, 0.25) is 0 Å². The highest BCUT2D eigenvalue weighted by Crippen LogP contribution is 2.14. The molecular formula is C10H20N4O3. The van der Waals surface area contributed by atoms with Gasteiger partial charge in [0.25, 0.3) is 0 Å². The van der Waals surface area contributed by atoms with Crippen molar-refractivity contribution >= 4 is 11.8 Å². The summed E-state index contributed by atoms with van der Waals surface area (Å²) in [6.07, 6.45) is 0.966. The summed E-state index contributed by atoms with van der Waals surface area (Å²) in [4.78, 5) is 24.3. The smallest absolute Gasteiger partial charge is 0.237 e. The molecule has 7 nitrogen and oxygen atoms in total. The largest absolute Gasteiger partial charge is 0.378 e. The molecule has 1 fully saturated rings. The summed E-state index contributed by atoms with van der Waals surface area (Å²) in [6, 6.07) is -0.312. The van der Waals surface area contributed by atoms with Gasteiger partial charge in [-0.2, -0.15) is 0 Å².